The van der Waals surface area contributed by atoms with Crippen molar-refractivity contribution in [3.05, 3.63) is 35.4 Å². The highest BCUT2D eigenvalue weighted by Gasteiger charge is 2.31. The Labute approximate surface area is 113 Å². The average Bonchev–Trinajstić information content (AvgIpc) is 2.47. The molecular formula is C15H20N2O2. The van der Waals surface area contributed by atoms with E-state index in [-0.39, 0.29) is 18.1 Å². The first-order chi connectivity index (χ1) is 9.25. The third kappa shape index (κ3) is 2.51. The van der Waals surface area contributed by atoms with Crippen LogP contribution in [0.5, 0.6) is 0 Å². The van der Waals surface area contributed by atoms with Crippen LogP contribution in [-0.4, -0.2) is 41.7 Å². The molecule has 0 radical (unpaired) electrons. The molecule has 0 unspecified atom stereocenters. The summed E-state index contributed by atoms with van der Waals surface area (Å²) in [6, 6.07) is 7.97. The van der Waals surface area contributed by atoms with E-state index < -0.39 is 0 Å². The number of hydrogen-bond acceptors (Lipinski definition) is 3. The average molecular weight is 260 g/mol. The Bertz CT molecular complexity index is 467. The lowest BCUT2D eigenvalue weighted by Crippen LogP contribution is -2.47. The van der Waals surface area contributed by atoms with E-state index in [4.69, 9.17) is 0 Å². The Morgan fingerprint density at radius 3 is 2.79 bits per heavy atom. The van der Waals surface area contributed by atoms with Gasteiger partial charge in [0.15, 0.2) is 0 Å². The van der Waals surface area contributed by atoms with Gasteiger partial charge in [-0.1, -0.05) is 24.3 Å². The summed E-state index contributed by atoms with van der Waals surface area (Å²) in [5.74, 6) is 0.152. The number of piperidine rings is 1. The van der Waals surface area contributed by atoms with Crippen molar-refractivity contribution in [3.8, 4) is 0 Å². The van der Waals surface area contributed by atoms with Crippen molar-refractivity contribution in [2.24, 2.45) is 0 Å². The molecule has 0 spiro atoms. The Morgan fingerprint density at radius 2 is 2.00 bits per heavy atom. The molecule has 4 heteroatoms. The van der Waals surface area contributed by atoms with E-state index in [2.05, 4.69) is 11.4 Å². The molecule has 2 heterocycles. The fraction of sp³-hybridized carbons (Fsp3) is 0.533. The molecule has 1 aromatic carbocycles. The van der Waals surface area contributed by atoms with Crippen molar-refractivity contribution in [2.45, 2.75) is 31.4 Å². The molecule has 2 aliphatic heterocycles. The van der Waals surface area contributed by atoms with Crippen LogP contribution in [0.1, 0.15) is 30.0 Å². The highest BCUT2D eigenvalue weighted by atomic mass is 16.3. The van der Waals surface area contributed by atoms with Crippen LogP contribution in [0.3, 0.4) is 0 Å². The number of carbonyl (C=O) groups is 1. The van der Waals surface area contributed by atoms with Crippen molar-refractivity contribution in [1.29, 1.82) is 0 Å². The summed E-state index contributed by atoms with van der Waals surface area (Å²) in [7, 11) is 0. The van der Waals surface area contributed by atoms with Crippen LogP contribution >= 0.6 is 0 Å². The predicted molar refractivity (Wildman–Crippen MR) is 72.7 cm³/mol. The van der Waals surface area contributed by atoms with Gasteiger partial charge in [-0.15, -0.1) is 0 Å². The number of rotatable bonds is 1. The van der Waals surface area contributed by atoms with Gasteiger partial charge in [0.05, 0.1) is 6.10 Å². The number of amides is 1. The second kappa shape index (κ2) is 5.31. The molecule has 1 saturated heterocycles. The SMILES string of the molecule is O=C([C@@H]1NCCc2ccccc21)N1CCC(O)CC1. The number of likely N-dealkylation sites (tertiary alicyclic amines) is 1. The minimum absolute atomic E-state index is 0.152. The van der Waals surface area contributed by atoms with Crippen LogP contribution in [-0.2, 0) is 11.2 Å². The van der Waals surface area contributed by atoms with E-state index >= 15 is 0 Å². The fourth-order valence-electron chi connectivity index (χ4n) is 2.99. The Hall–Kier alpha value is -1.39. The molecule has 102 valence electrons. The number of carbonyl (C=O) groups excluding carboxylic acids is 1. The first kappa shape index (κ1) is 12.6. The minimum Gasteiger partial charge on any atom is -0.393 e. The summed E-state index contributed by atoms with van der Waals surface area (Å²) in [4.78, 5) is 14.5. The Balaban J connectivity index is 1.78. The van der Waals surface area contributed by atoms with Gasteiger partial charge < -0.3 is 15.3 Å². The summed E-state index contributed by atoms with van der Waals surface area (Å²) in [5, 5.41) is 12.9. The van der Waals surface area contributed by atoms with Gasteiger partial charge in [0.1, 0.15) is 6.04 Å². The first-order valence-corrected chi connectivity index (χ1v) is 7.04. The number of benzene rings is 1. The van der Waals surface area contributed by atoms with Gasteiger partial charge in [-0.2, -0.15) is 0 Å². The van der Waals surface area contributed by atoms with E-state index in [1.165, 1.54) is 5.56 Å². The molecule has 4 nitrogen and oxygen atoms in total. The lowest BCUT2D eigenvalue weighted by Gasteiger charge is -2.34. The zero-order valence-electron chi connectivity index (χ0n) is 11.0. The lowest BCUT2D eigenvalue weighted by atomic mass is 9.93. The summed E-state index contributed by atoms with van der Waals surface area (Å²) in [6.07, 6.45) is 2.13. The number of aliphatic hydroxyl groups is 1. The van der Waals surface area contributed by atoms with Crippen LogP contribution in [0.25, 0.3) is 0 Å². The molecule has 2 N–H and O–H groups in total. The molecule has 3 rings (SSSR count). The van der Waals surface area contributed by atoms with Crippen LogP contribution in [0.2, 0.25) is 0 Å². The van der Waals surface area contributed by atoms with Gasteiger partial charge in [-0.25, -0.2) is 0 Å². The minimum atomic E-state index is -0.240. The van der Waals surface area contributed by atoms with Crippen molar-refractivity contribution in [1.82, 2.24) is 10.2 Å². The van der Waals surface area contributed by atoms with Crippen molar-refractivity contribution < 1.29 is 9.90 Å². The maximum absolute atomic E-state index is 12.6. The number of nitrogens with zero attached hydrogens (tertiary/aromatic N) is 1. The second-order valence-electron chi connectivity index (χ2n) is 5.39. The molecule has 0 saturated carbocycles. The van der Waals surface area contributed by atoms with E-state index in [0.29, 0.717) is 25.9 Å². The van der Waals surface area contributed by atoms with Gasteiger partial charge in [0.25, 0.3) is 0 Å². The topological polar surface area (TPSA) is 52.6 Å². The summed E-state index contributed by atoms with van der Waals surface area (Å²) >= 11 is 0. The van der Waals surface area contributed by atoms with Crippen molar-refractivity contribution in [2.75, 3.05) is 19.6 Å². The normalized spacial score (nSPS) is 24.1. The second-order valence-corrected chi connectivity index (χ2v) is 5.39. The molecular weight excluding hydrogens is 240 g/mol. The van der Waals surface area contributed by atoms with Gasteiger partial charge in [-0.3, -0.25) is 4.79 Å². The molecule has 2 aliphatic rings. The maximum Gasteiger partial charge on any atom is 0.244 e. The standard InChI is InChI=1S/C15H20N2O2/c18-12-6-9-17(10-7-12)15(19)14-13-4-2-1-3-11(13)5-8-16-14/h1-4,12,14,16,18H,5-10H2/t14-/m1/s1. The zero-order valence-corrected chi connectivity index (χ0v) is 11.0. The van der Waals surface area contributed by atoms with Crippen molar-refractivity contribution in [3.63, 3.8) is 0 Å². The van der Waals surface area contributed by atoms with E-state index in [1.54, 1.807) is 0 Å². The monoisotopic (exact) mass is 260 g/mol. The van der Waals surface area contributed by atoms with Crippen LogP contribution in [0.4, 0.5) is 0 Å². The van der Waals surface area contributed by atoms with Crippen LogP contribution in [0.15, 0.2) is 24.3 Å². The van der Waals surface area contributed by atoms with E-state index in [1.807, 2.05) is 23.1 Å². The third-order valence-corrected chi connectivity index (χ3v) is 4.13. The first-order valence-electron chi connectivity index (χ1n) is 7.04. The summed E-state index contributed by atoms with van der Waals surface area (Å²) in [6.45, 7) is 2.19. The van der Waals surface area contributed by atoms with Gasteiger partial charge in [0, 0.05) is 19.6 Å². The van der Waals surface area contributed by atoms with E-state index in [0.717, 1.165) is 18.5 Å². The van der Waals surface area contributed by atoms with Gasteiger partial charge in [-0.05, 0) is 30.4 Å². The molecule has 0 aromatic heterocycles. The molecule has 0 bridgehead atoms. The molecule has 1 amide bonds. The largest absolute Gasteiger partial charge is 0.393 e. The lowest BCUT2D eigenvalue weighted by molar-refractivity contribution is -0.135. The number of fused-ring (bicyclic) bond motifs is 1. The predicted octanol–water partition coefficient (Wildman–Crippen LogP) is 0.857. The van der Waals surface area contributed by atoms with Gasteiger partial charge in [0.2, 0.25) is 5.91 Å². The Kier molecular flexibility index (Phi) is 3.53. The molecule has 1 atom stereocenters. The molecule has 1 aromatic rings. The van der Waals surface area contributed by atoms with Gasteiger partial charge >= 0.3 is 0 Å². The van der Waals surface area contributed by atoms with Crippen molar-refractivity contribution >= 4 is 5.91 Å². The molecule has 19 heavy (non-hydrogen) atoms. The van der Waals surface area contributed by atoms with Crippen LogP contribution in [0, 0.1) is 0 Å². The molecule has 0 aliphatic carbocycles. The zero-order chi connectivity index (χ0) is 13.2. The fourth-order valence-corrected chi connectivity index (χ4v) is 2.99. The number of nitrogens with one attached hydrogen (secondary N) is 1. The summed E-state index contributed by atoms with van der Waals surface area (Å²) in [5.41, 5.74) is 2.39. The maximum atomic E-state index is 12.6. The number of aliphatic hydroxyl groups excluding tert-OH is 1. The Morgan fingerprint density at radius 1 is 1.26 bits per heavy atom. The summed E-state index contributed by atoms with van der Waals surface area (Å²) < 4.78 is 0. The highest BCUT2D eigenvalue weighted by Crippen LogP contribution is 2.25. The smallest absolute Gasteiger partial charge is 0.244 e. The highest BCUT2D eigenvalue weighted by molar-refractivity contribution is 5.84. The third-order valence-electron chi connectivity index (χ3n) is 4.13. The quantitative estimate of drug-likeness (QED) is 0.787. The van der Waals surface area contributed by atoms with E-state index in [9.17, 15) is 9.90 Å². The van der Waals surface area contributed by atoms with Crippen LogP contribution < -0.4 is 5.32 Å². The molecule has 1 fully saturated rings. The number of hydrogen-bond donors (Lipinski definition) is 2.